The van der Waals surface area contributed by atoms with Crippen molar-refractivity contribution in [1.82, 2.24) is 0 Å². The summed E-state index contributed by atoms with van der Waals surface area (Å²) in [7, 11) is 0. The van der Waals surface area contributed by atoms with Gasteiger partial charge in [-0.2, -0.15) is 0 Å². The number of hydrogen-bond donors (Lipinski definition) is 0. The normalized spacial score (nSPS) is 12.2. The van der Waals surface area contributed by atoms with Gasteiger partial charge in [0.15, 0.2) is 0 Å². The van der Waals surface area contributed by atoms with Crippen LogP contribution >= 0.6 is 0 Å². The van der Waals surface area contributed by atoms with Crippen molar-refractivity contribution >= 4 is 0 Å². The Morgan fingerprint density at radius 2 is 1.30 bits per heavy atom. The second-order valence-corrected chi connectivity index (χ2v) is 5.64. The Morgan fingerprint density at radius 3 is 2.09 bits per heavy atom. The molecular formula is C21H13O2. The SMILES string of the molecule is [CH]1c2ccccc2-c2ccc(-c3ccco3)c(-c3ccco3)c21. The van der Waals surface area contributed by atoms with Gasteiger partial charge in [0.1, 0.15) is 11.5 Å². The van der Waals surface area contributed by atoms with Crippen molar-refractivity contribution in [2.45, 2.75) is 0 Å². The Labute approximate surface area is 134 Å². The molecule has 23 heavy (non-hydrogen) atoms. The lowest BCUT2D eigenvalue weighted by Gasteiger charge is -2.11. The summed E-state index contributed by atoms with van der Waals surface area (Å²) < 4.78 is 11.4. The third-order valence-corrected chi connectivity index (χ3v) is 4.35. The van der Waals surface area contributed by atoms with E-state index in [1.54, 1.807) is 12.5 Å². The van der Waals surface area contributed by atoms with Crippen LogP contribution in [0.1, 0.15) is 11.1 Å². The second-order valence-electron chi connectivity index (χ2n) is 5.64. The molecule has 2 aromatic carbocycles. The van der Waals surface area contributed by atoms with Gasteiger partial charge in [-0.25, -0.2) is 0 Å². The van der Waals surface area contributed by atoms with E-state index in [0.29, 0.717) is 0 Å². The summed E-state index contributed by atoms with van der Waals surface area (Å²) in [4.78, 5) is 0. The molecule has 1 aliphatic rings. The first-order valence-corrected chi connectivity index (χ1v) is 7.61. The van der Waals surface area contributed by atoms with Crippen molar-refractivity contribution in [3.8, 4) is 33.8 Å². The number of hydrogen-bond acceptors (Lipinski definition) is 2. The lowest BCUT2D eigenvalue weighted by atomic mass is 9.93. The number of fused-ring (bicyclic) bond motifs is 3. The van der Waals surface area contributed by atoms with Crippen molar-refractivity contribution in [1.29, 1.82) is 0 Å². The van der Waals surface area contributed by atoms with E-state index < -0.39 is 0 Å². The number of rotatable bonds is 2. The topological polar surface area (TPSA) is 26.3 Å². The first-order valence-electron chi connectivity index (χ1n) is 7.61. The zero-order chi connectivity index (χ0) is 15.2. The average Bonchev–Trinajstić information content (AvgIpc) is 3.33. The Morgan fingerprint density at radius 1 is 0.565 bits per heavy atom. The summed E-state index contributed by atoms with van der Waals surface area (Å²) in [6, 6.07) is 20.6. The molecule has 0 amide bonds. The third-order valence-electron chi connectivity index (χ3n) is 4.35. The van der Waals surface area contributed by atoms with Gasteiger partial charge >= 0.3 is 0 Å². The Balaban J connectivity index is 1.83. The Bertz CT molecular complexity index is 977. The van der Waals surface area contributed by atoms with Gasteiger partial charge in [-0.05, 0) is 52.6 Å². The van der Waals surface area contributed by atoms with E-state index >= 15 is 0 Å². The molecule has 0 atom stereocenters. The Hall–Kier alpha value is -3.00. The fraction of sp³-hybridized carbons (Fsp3) is 0. The molecule has 0 saturated carbocycles. The van der Waals surface area contributed by atoms with Crippen LogP contribution in [0.25, 0.3) is 33.8 Å². The van der Waals surface area contributed by atoms with E-state index in [1.165, 1.54) is 22.3 Å². The van der Waals surface area contributed by atoms with Crippen molar-refractivity contribution in [3.05, 3.63) is 90.7 Å². The maximum Gasteiger partial charge on any atom is 0.134 e. The van der Waals surface area contributed by atoms with Crippen LogP contribution in [0.4, 0.5) is 0 Å². The highest BCUT2D eigenvalue weighted by molar-refractivity contribution is 5.93. The van der Waals surface area contributed by atoms with Crippen LogP contribution < -0.4 is 0 Å². The fourth-order valence-electron chi connectivity index (χ4n) is 3.35. The lowest BCUT2D eigenvalue weighted by molar-refractivity contribution is 0.575. The van der Waals surface area contributed by atoms with Crippen molar-refractivity contribution in [2.24, 2.45) is 0 Å². The van der Waals surface area contributed by atoms with E-state index in [9.17, 15) is 0 Å². The van der Waals surface area contributed by atoms with Crippen LogP contribution in [0.3, 0.4) is 0 Å². The molecule has 0 aliphatic heterocycles. The van der Waals surface area contributed by atoms with Gasteiger partial charge in [0, 0.05) is 17.5 Å². The molecule has 2 aromatic heterocycles. The van der Waals surface area contributed by atoms with Crippen LogP contribution in [0.2, 0.25) is 0 Å². The van der Waals surface area contributed by atoms with E-state index in [4.69, 9.17) is 8.83 Å². The van der Waals surface area contributed by atoms with Gasteiger partial charge < -0.3 is 8.83 Å². The monoisotopic (exact) mass is 297 g/mol. The molecule has 109 valence electrons. The molecule has 0 N–H and O–H groups in total. The molecule has 0 bridgehead atoms. The third kappa shape index (κ3) is 1.82. The highest BCUT2D eigenvalue weighted by Crippen LogP contribution is 2.46. The molecule has 0 spiro atoms. The molecule has 1 aliphatic carbocycles. The van der Waals surface area contributed by atoms with Crippen molar-refractivity contribution in [3.63, 3.8) is 0 Å². The highest BCUT2D eigenvalue weighted by atomic mass is 16.3. The summed E-state index contributed by atoms with van der Waals surface area (Å²) in [6.07, 6.45) is 5.64. The van der Waals surface area contributed by atoms with Crippen LogP contribution in [0.15, 0.2) is 82.0 Å². The molecule has 1 radical (unpaired) electrons. The minimum atomic E-state index is 0.851. The first-order chi connectivity index (χ1) is 11.4. The smallest absolute Gasteiger partial charge is 0.134 e. The van der Waals surface area contributed by atoms with Gasteiger partial charge in [-0.15, -0.1) is 0 Å². The molecule has 4 aromatic rings. The molecule has 5 rings (SSSR count). The second kappa shape index (κ2) is 4.75. The summed E-state index contributed by atoms with van der Waals surface area (Å²) in [5.74, 6) is 1.71. The molecule has 2 nitrogen and oxygen atoms in total. The largest absolute Gasteiger partial charge is 0.464 e. The van der Waals surface area contributed by atoms with Gasteiger partial charge in [-0.3, -0.25) is 0 Å². The highest BCUT2D eigenvalue weighted by Gasteiger charge is 2.26. The van der Waals surface area contributed by atoms with Crippen molar-refractivity contribution < 1.29 is 8.83 Å². The standard InChI is InChI=1S/C21H13O2/c1-2-6-15-14(5-1)13-18-16(15)9-10-17(19-7-3-11-22-19)21(18)20-8-4-12-23-20/h1-13H. The Kier molecular flexibility index (Phi) is 2.59. The van der Waals surface area contributed by atoms with Gasteiger partial charge in [0.2, 0.25) is 0 Å². The van der Waals surface area contributed by atoms with Crippen molar-refractivity contribution in [2.75, 3.05) is 0 Å². The minimum absolute atomic E-state index is 0.851. The molecule has 0 unspecified atom stereocenters. The molecular weight excluding hydrogens is 284 g/mol. The zero-order valence-corrected chi connectivity index (χ0v) is 12.3. The maximum absolute atomic E-state index is 5.72. The van der Waals surface area contributed by atoms with Gasteiger partial charge in [-0.1, -0.05) is 30.3 Å². The molecule has 2 heterocycles. The number of furan rings is 2. The predicted molar refractivity (Wildman–Crippen MR) is 89.8 cm³/mol. The van der Waals surface area contributed by atoms with E-state index in [0.717, 1.165) is 22.6 Å². The lowest BCUT2D eigenvalue weighted by Crippen LogP contribution is -1.90. The maximum atomic E-state index is 5.72. The fourth-order valence-corrected chi connectivity index (χ4v) is 3.35. The van der Waals surface area contributed by atoms with Crippen LogP contribution in [0.5, 0.6) is 0 Å². The average molecular weight is 297 g/mol. The van der Waals surface area contributed by atoms with Gasteiger partial charge in [0.25, 0.3) is 0 Å². The first kappa shape index (κ1) is 12.5. The molecule has 2 heteroatoms. The van der Waals surface area contributed by atoms with Crippen LogP contribution in [0, 0.1) is 6.42 Å². The van der Waals surface area contributed by atoms with Gasteiger partial charge in [0.05, 0.1) is 12.5 Å². The predicted octanol–water partition coefficient (Wildman–Crippen LogP) is 5.79. The van der Waals surface area contributed by atoms with Crippen LogP contribution in [-0.2, 0) is 0 Å². The summed E-state index contributed by atoms with van der Waals surface area (Å²) in [5, 5.41) is 0. The molecule has 0 saturated heterocycles. The van der Waals surface area contributed by atoms with Crippen LogP contribution in [-0.4, -0.2) is 0 Å². The summed E-state index contributed by atoms with van der Waals surface area (Å²) in [6.45, 7) is 0. The molecule has 0 fully saturated rings. The summed E-state index contributed by atoms with van der Waals surface area (Å²) in [5.41, 5.74) is 7.07. The zero-order valence-electron chi connectivity index (χ0n) is 12.3. The number of benzene rings is 2. The van der Waals surface area contributed by atoms with E-state index in [2.05, 4.69) is 42.8 Å². The minimum Gasteiger partial charge on any atom is -0.464 e. The summed E-state index contributed by atoms with van der Waals surface area (Å²) >= 11 is 0. The van der Waals surface area contributed by atoms with E-state index in [1.807, 2.05) is 24.3 Å². The van der Waals surface area contributed by atoms with E-state index in [-0.39, 0.29) is 0 Å². The quantitative estimate of drug-likeness (QED) is 0.412.